The zero-order valence-electron chi connectivity index (χ0n) is 14.0. The third-order valence-corrected chi connectivity index (χ3v) is 4.06. The first-order valence-corrected chi connectivity index (χ1v) is 8.30. The second-order valence-corrected chi connectivity index (χ2v) is 5.80. The van der Waals surface area contributed by atoms with Crippen molar-refractivity contribution < 1.29 is 4.74 Å². The molecule has 0 bridgehead atoms. The number of aryl methyl sites for hydroxylation is 1. The SMILES string of the molecule is CCn1cc2ncnc-2nc1Oc1ccc(Cc2ccccc2)cc1. The Morgan fingerprint density at radius 1 is 0.920 bits per heavy atom. The lowest BCUT2D eigenvalue weighted by molar-refractivity contribution is 0.406. The van der Waals surface area contributed by atoms with Crippen LogP contribution in [0.4, 0.5) is 0 Å². The van der Waals surface area contributed by atoms with Gasteiger partial charge >= 0.3 is 6.01 Å². The first-order chi connectivity index (χ1) is 12.3. The van der Waals surface area contributed by atoms with Crippen LogP contribution in [0.1, 0.15) is 18.1 Å². The van der Waals surface area contributed by atoms with Crippen molar-refractivity contribution in [2.75, 3.05) is 0 Å². The average molecular weight is 330 g/mol. The minimum absolute atomic E-state index is 0.520. The number of rotatable bonds is 5. The topological polar surface area (TPSA) is 52.8 Å². The molecule has 0 N–H and O–H groups in total. The number of benzene rings is 2. The van der Waals surface area contributed by atoms with Crippen molar-refractivity contribution >= 4 is 0 Å². The largest absolute Gasteiger partial charge is 0.425 e. The highest BCUT2D eigenvalue weighted by Gasteiger charge is 2.13. The summed E-state index contributed by atoms with van der Waals surface area (Å²) in [6.45, 7) is 2.79. The van der Waals surface area contributed by atoms with Gasteiger partial charge in [0.2, 0.25) is 0 Å². The van der Waals surface area contributed by atoms with Crippen LogP contribution < -0.4 is 4.74 Å². The molecule has 0 radical (unpaired) electrons. The number of nitrogens with zero attached hydrogens (tertiary/aromatic N) is 4. The standard InChI is InChI=1S/C20H18N4O/c1-2-24-13-18-19(22-14-21-18)23-20(24)25-17-10-8-16(9-11-17)12-15-6-4-3-5-7-15/h3-11,13-14H,2,12H2,1H3. The molecule has 5 nitrogen and oxygen atoms in total. The van der Waals surface area contributed by atoms with E-state index in [9.17, 15) is 0 Å². The monoisotopic (exact) mass is 330 g/mol. The highest BCUT2D eigenvalue weighted by Crippen LogP contribution is 2.24. The van der Waals surface area contributed by atoms with E-state index in [2.05, 4.69) is 51.4 Å². The Labute approximate surface area is 146 Å². The Bertz CT molecular complexity index is 932. The van der Waals surface area contributed by atoms with Gasteiger partial charge in [0.1, 0.15) is 17.8 Å². The summed E-state index contributed by atoms with van der Waals surface area (Å²) < 4.78 is 7.89. The maximum Gasteiger partial charge on any atom is 0.303 e. The van der Waals surface area contributed by atoms with Gasteiger partial charge in [-0.15, -0.1) is 0 Å². The quantitative estimate of drug-likeness (QED) is 0.551. The van der Waals surface area contributed by atoms with Crippen LogP contribution in [0.25, 0.3) is 11.5 Å². The maximum absolute atomic E-state index is 5.97. The van der Waals surface area contributed by atoms with Crippen molar-refractivity contribution in [3.8, 4) is 23.3 Å². The van der Waals surface area contributed by atoms with Gasteiger partial charge in [-0.2, -0.15) is 4.98 Å². The van der Waals surface area contributed by atoms with Gasteiger partial charge in [-0.25, -0.2) is 9.97 Å². The number of aromatic nitrogens is 4. The summed E-state index contributed by atoms with van der Waals surface area (Å²) >= 11 is 0. The number of fused-ring (bicyclic) bond motifs is 1. The van der Waals surface area contributed by atoms with E-state index in [0.29, 0.717) is 11.8 Å². The Hall–Kier alpha value is -3.21. The molecule has 25 heavy (non-hydrogen) atoms. The summed E-state index contributed by atoms with van der Waals surface area (Å²) in [7, 11) is 0. The lowest BCUT2D eigenvalue weighted by Crippen LogP contribution is -2.06. The number of imidazole rings is 1. The second kappa shape index (κ2) is 6.73. The Morgan fingerprint density at radius 2 is 1.68 bits per heavy atom. The van der Waals surface area contributed by atoms with Gasteiger partial charge in [0.15, 0.2) is 5.82 Å². The van der Waals surface area contributed by atoms with Crippen molar-refractivity contribution in [1.29, 1.82) is 0 Å². The van der Waals surface area contributed by atoms with Crippen LogP contribution in [0.3, 0.4) is 0 Å². The molecule has 0 saturated heterocycles. The van der Waals surface area contributed by atoms with Crippen molar-refractivity contribution in [2.45, 2.75) is 19.9 Å². The van der Waals surface area contributed by atoms with Crippen molar-refractivity contribution in [2.24, 2.45) is 0 Å². The minimum atomic E-state index is 0.520. The van der Waals surface area contributed by atoms with E-state index in [4.69, 9.17) is 4.74 Å². The normalized spacial score (nSPS) is 10.9. The van der Waals surface area contributed by atoms with Gasteiger partial charge in [-0.3, -0.25) is 0 Å². The lowest BCUT2D eigenvalue weighted by Gasteiger charge is -2.13. The Morgan fingerprint density at radius 3 is 2.44 bits per heavy atom. The van der Waals surface area contributed by atoms with Crippen molar-refractivity contribution in [3.63, 3.8) is 0 Å². The molecule has 2 aliphatic heterocycles. The second-order valence-electron chi connectivity index (χ2n) is 5.80. The predicted molar refractivity (Wildman–Crippen MR) is 95.9 cm³/mol. The van der Waals surface area contributed by atoms with Crippen LogP contribution in [0.5, 0.6) is 11.8 Å². The minimum Gasteiger partial charge on any atom is -0.425 e. The molecule has 0 aromatic heterocycles. The van der Waals surface area contributed by atoms with E-state index in [1.54, 1.807) is 0 Å². The summed E-state index contributed by atoms with van der Waals surface area (Å²) in [5.74, 6) is 1.35. The Balaban J connectivity index is 1.54. The van der Waals surface area contributed by atoms with Crippen LogP contribution in [0, 0.1) is 0 Å². The molecule has 0 fully saturated rings. The van der Waals surface area contributed by atoms with Gasteiger partial charge in [-0.1, -0.05) is 42.5 Å². The van der Waals surface area contributed by atoms with Crippen LogP contribution in [-0.4, -0.2) is 19.5 Å². The molecule has 0 unspecified atom stereocenters. The third kappa shape index (κ3) is 3.35. The summed E-state index contributed by atoms with van der Waals surface area (Å²) in [5, 5.41) is 0. The highest BCUT2D eigenvalue weighted by atomic mass is 16.5. The Kier molecular flexibility index (Phi) is 4.12. The molecule has 2 aromatic rings. The van der Waals surface area contributed by atoms with Gasteiger partial charge in [0.05, 0.1) is 0 Å². The van der Waals surface area contributed by atoms with E-state index in [1.807, 2.05) is 35.9 Å². The fraction of sp³-hybridized carbons (Fsp3) is 0.150. The molecule has 2 heterocycles. The number of hydrogen-bond donors (Lipinski definition) is 0. The zero-order chi connectivity index (χ0) is 17.1. The molecular formula is C20H18N4O. The molecular weight excluding hydrogens is 312 g/mol. The van der Waals surface area contributed by atoms with E-state index in [0.717, 1.165) is 24.4 Å². The van der Waals surface area contributed by atoms with Crippen LogP contribution in [0.2, 0.25) is 0 Å². The summed E-state index contributed by atoms with van der Waals surface area (Å²) in [4.78, 5) is 12.8. The van der Waals surface area contributed by atoms with E-state index in [-0.39, 0.29) is 0 Å². The van der Waals surface area contributed by atoms with E-state index >= 15 is 0 Å². The molecule has 0 spiro atoms. The fourth-order valence-electron chi connectivity index (χ4n) is 2.72. The zero-order valence-corrected chi connectivity index (χ0v) is 14.0. The molecule has 0 atom stereocenters. The van der Waals surface area contributed by atoms with Crippen LogP contribution in [-0.2, 0) is 13.0 Å². The maximum atomic E-state index is 5.97. The van der Waals surface area contributed by atoms with Gasteiger partial charge in [-0.05, 0) is 36.6 Å². The molecule has 2 aromatic carbocycles. The third-order valence-electron chi connectivity index (χ3n) is 4.06. The number of ether oxygens (including phenoxy) is 1. The predicted octanol–water partition coefficient (Wildman–Crippen LogP) is 4.18. The molecule has 0 aliphatic carbocycles. The molecule has 0 saturated carbocycles. The molecule has 0 amide bonds. The number of hydrogen-bond acceptors (Lipinski definition) is 4. The van der Waals surface area contributed by atoms with Gasteiger partial charge in [0, 0.05) is 12.7 Å². The summed E-state index contributed by atoms with van der Waals surface area (Å²) in [6.07, 6.45) is 4.33. The van der Waals surface area contributed by atoms with Crippen molar-refractivity contribution in [1.82, 2.24) is 19.5 Å². The first kappa shape index (κ1) is 15.3. The smallest absolute Gasteiger partial charge is 0.303 e. The summed E-state index contributed by atoms with van der Waals surface area (Å²) in [6, 6.07) is 19.1. The van der Waals surface area contributed by atoms with Crippen LogP contribution in [0.15, 0.2) is 67.1 Å². The molecule has 4 rings (SSSR count). The van der Waals surface area contributed by atoms with E-state index in [1.165, 1.54) is 17.5 Å². The van der Waals surface area contributed by atoms with E-state index < -0.39 is 0 Å². The molecule has 5 heteroatoms. The first-order valence-electron chi connectivity index (χ1n) is 8.30. The highest BCUT2D eigenvalue weighted by molar-refractivity contribution is 5.49. The van der Waals surface area contributed by atoms with Gasteiger partial charge in [0.25, 0.3) is 0 Å². The molecule has 2 aliphatic rings. The van der Waals surface area contributed by atoms with Crippen molar-refractivity contribution in [3.05, 3.63) is 78.2 Å². The van der Waals surface area contributed by atoms with Crippen LogP contribution >= 0.6 is 0 Å². The fourth-order valence-corrected chi connectivity index (χ4v) is 2.72. The average Bonchev–Trinajstić information content (AvgIpc) is 3.11. The summed E-state index contributed by atoms with van der Waals surface area (Å²) in [5.41, 5.74) is 3.31. The molecule has 124 valence electrons. The van der Waals surface area contributed by atoms with Gasteiger partial charge < -0.3 is 9.30 Å². The lowest BCUT2D eigenvalue weighted by atomic mass is 10.1.